The molecule has 0 aliphatic heterocycles. The molecular weight excluding hydrogens is 330 g/mol. The van der Waals surface area contributed by atoms with Crippen molar-refractivity contribution in [3.8, 4) is 5.75 Å². The van der Waals surface area contributed by atoms with Gasteiger partial charge in [0.1, 0.15) is 5.75 Å². The number of sulfonamides is 1. The predicted octanol–water partition coefficient (Wildman–Crippen LogP) is 3.16. The van der Waals surface area contributed by atoms with Gasteiger partial charge in [-0.15, -0.1) is 11.8 Å². The number of nitrogens with two attached hydrogens (primary N) is 1. The molecule has 0 aromatic heterocycles. The second kappa shape index (κ2) is 7.17. The van der Waals surface area contributed by atoms with Crippen LogP contribution in [0, 0.1) is 0 Å². The molecule has 0 bridgehead atoms. The normalized spacial score (nSPS) is 11.3. The highest BCUT2D eigenvalue weighted by Crippen LogP contribution is 2.21. The number of hydrogen-bond acceptors (Lipinski definition) is 4. The molecule has 0 atom stereocenters. The van der Waals surface area contributed by atoms with Crippen molar-refractivity contribution in [1.29, 1.82) is 0 Å². The summed E-state index contributed by atoms with van der Waals surface area (Å²) in [5, 5.41) is 5.74. The van der Waals surface area contributed by atoms with Crippen molar-refractivity contribution in [2.24, 2.45) is 5.14 Å². The fourth-order valence-electron chi connectivity index (χ4n) is 1.58. The number of halogens is 1. The molecular formula is C14H14ClNO3S2. The van der Waals surface area contributed by atoms with Gasteiger partial charge in [0.05, 0.1) is 11.5 Å². The van der Waals surface area contributed by atoms with Crippen molar-refractivity contribution >= 4 is 33.4 Å². The standard InChI is InChI=1S/C14H14ClNO3S2/c15-11-1-5-13(6-2-11)20-10-9-19-12-3-7-14(8-4-12)21(16,17)18/h1-8H,9-10H2,(H2,16,17,18). The van der Waals surface area contributed by atoms with Crippen LogP contribution < -0.4 is 9.88 Å². The molecule has 0 amide bonds. The van der Waals surface area contributed by atoms with Gasteiger partial charge < -0.3 is 4.74 Å². The lowest BCUT2D eigenvalue weighted by molar-refractivity contribution is 0.343. The Balaban J connectivity index is 1.80. The Hall–Kier alpha value is -1.21. The largest absolute Gasteiger partial charge is 0.493 e. The summed E-state index contributed by atoms with van der Waals surface area (Å²) >= 11 is 7.47. The van der Waals surface area contributed by atoms with Crippen LogP contribution in [0.1, 0.15) is 0 Å². The lowest BCUT2D eigenvalue weighted by Gasteiger charge is -2.07. The molecule has 2 rings (SSSR count). The first-order valence-electron chi connectivity index (χ1n) is 6.09. The summed E-state index contributed by atoms with van der Waals surface area (Å²) in [5.41, 5.74) is 0. The molecule has 2 N–H and O–H groups in total. The van der Waals surface area contributed by atoms with E-state index in [1.54, 1.807) is 23.9 Å². The van der Waals surface area contributed by atoms with Gasteiger partial charge in [-0.25, -0.2) is 13.6 Å². The smallest absolute Gasteiger partial charge is 0.238 e. The summed E-state index contributed by atoms with van der Waals surface area (Å²) < 4.78 is 27.8. The van der Waals surface area contributed by atoms with E-state index in [1.165, 1.54) is 12.1 Å². The van der Waals surface area contributed by atoms with Crippen LogP contribution >= 0.6 is 23.4 Å². The van der Waals surface area contributed by atoms with Gasteiger partial charge in [-0.3, -0.25) is 0 Å². The van der Waals surface area contributed by atoms with E-state index in [9.17, 15) is 8.42 Å². The van der Waals surface area contributed by atoms with E-state index in [1.807, 2.05) is 24.3 Å². The van der Waals surface area contributed by atoms with Gasteiger partial charge in [0.2, 0.25) is 10.0 Å². The highest BCUT2D eigenvalue weighted by molar-refractivity contribution is 7.99. The van der Waals surface area contributed by atoms with Crippen molar-refractivity contribution < 1.29 is 13.2 Å². The van der Waals surface area contributed by atoms with Crippen LogP contribution in [0.3, 0.4) is 0 Å². The summed E-state index contributed by atoms with van der Waals surface area (Å²) in [6.07, 6.45) is 0. The van der Waals surface area contributed by atoms with Crippen molar-refractivity contribution in [3.63, 3.8) is 0 Å². The van der Waals surface area contributed by atoms with Crippen LogP contribution in [0.2, 0.25) is 5.02 Å². The maximum absolute atomic E-state index is 11.1. The summed E-state index contributed by atoms with van der Waals surface area (Å²) in [7, 11) is -3.65. The Morgan fingerprint density at radius 3 is 2.24 bits per heavy atom. The summed E-state index contributed by atoms with van der Waals surface area (Å²) in [6.45, 7) is 0.516. The number of primary sulfonamides is 1. The number of thioether (sulfide) groups is 1. The van der Waals surface area contributed by atoms with Gasteiger partial charge in [0.15, 0.2) is 0 Å². The monoisotopic (exact) mass is 343 g/mol. The van der Waals surface area contributed by atoms with Crippen molar-refractivity contribution in [3.05, 3.63) is 53.6 Å². The highest BCUT2D eigenvalue weighted by Gasteiger charge is 2.06. The quantitative estimate of drug-likeness (QED) is 0.646. The van der Waals surface area contributed by atoms with Gasteiger partial charge in [-0.1, -0.05) is 11.6 Å². The first-order valence-corrected chi connectivity index (χ1v) is 9.00. The third-order valence-electron chi connectivity index (χ3n) is 2.59. The molecule has 4 nitrogen and oxygen atoms in total. The van der Waals surface area contributed by atoms with E-state index < -0.39 is 10.0 Å². The molecule has 0 aliphatic carbocycles. The Morgan fingerprint density at radius 1 is 1.05 bits per heavy atom. The summed E-state index contributed by atoms with van der Waals surface area (Å²) in [4.78, 5) is 1.19. The molecule has 0 heterocycles. The molecule has 2 aromatic carbocycles. The maximum atomic E-state index is 11.1. The molecule has 0 aliphatic rings. The Kier molecular flexibility index (Phi) is 5.52. The van der Waals surface area contributed by atoms with Crippen molar-refractivity contribution in [2.45, 2.75) is 9.79 Å². The average Bonchev–Trinajstić information content (AvgIpc) is 2.45. The van der Waals surface area contributed by atoms with E-state index >= 15 is 0 Å². The van der Waals surface area contributed by atoms with Crippen LogP contribution in [-0.4, -0.2) is 20.8 Å². The van der Waals surface area contributed by atoms with Gasteiger partial charge in [0.25, 0.3) is 0 Å². The first-order chi connectivity index (χ1) is 9.95. The minimum atomic E-state index is -3.65. The van der Waals surface area contributed by atoms with E-state index in [0.29, 0.717) is 17.4 Å². The van der Waals surface area contributed by atoms with E-state index in [4.69, 9.17) is 21.5 Å². The fraction of sp³-hybridized carbons (Fsp3) is 0.143. The molecule has 0 unspecified atom stereocenters. The Labute approximate surface area is 133 Å². The molecule has 2 aromatic rings. The molecule has 0 radical (unpaired) electrons. The van der Waals surface area contributed by atoms with Crippen LogP contribution in [0.5, 0.6) is 5.75 Å². The van der Waals surface area contributed by atoms with Gasteiger partial charge in [-0.2, -0.15) is 0 Å². The van der Waals surface area contributed by atoms with E-state index in [-0.39, 0.29) is 4.90 Å². The number of benzene rings is 2. The van der Waals surface area contributed by atoms with E-state index in [0.717, 1.165) is 10.6 Å². The summed E-state index contributed by atoms with van der Waals surface area (Å²) in [5.74, 6) is 1.39. The lowest BCUT2D eigenvalue weighted by Crippen LogP contribution is -2.11. The van der Waals surface area contributed by atoms with Gasteiger partial charge >= 0.3 is 0 Å². The molecule has 0 saturated carbocycles. The van der Waals surface area contributed by atoms with Crippen LogP contribution in [-0.2, 0) is 10.0 Å². The zero-order chi connectivity index (χ0) is 15.3. The maximum Gasteiger partial charge on any atom is 0.238 e. The number of hydrogen-bond donors (Lipinski definition) is 1. The second-order valence-electron chi connectivity index (χ2n) is 4.17. The van der Waals surface area contributed by atoms with Crippen LogP contribution in [0.4, 0.5) is 0 Å². The number of rotatable bonds is 6. The highest BCUT2D eigenvalue weighted by atomic mass is 35.5. The van der Waals surface area contributed by atoms with Crippen molar-refractivity contribution in [1.82, 2.24) is 0 Å². The third-order valence-corrected chi connectivity index (χ3v) is 4.74. The molecule has 0 spiro atoms. The molecule has 0 saturated heterocycles. The lowest BCUT2D eigenvalue weighted by atomic mass is 10.3. The Bertz CT molecular complexity index is 685. The fourth-order valence-corrected chi connectivity index (χ4v) is 2.95. The average molecular weight is 344 g/mol. The van der Waals surface area contributed by atoms with E-state index in [2.05, 4.69) is 0 Å². The second-order valence-corrected chi connectivity index (χ2v) is 7.33. The molecule has 7 heteroatoms. The first kappa shape index (κ1) is 16.2. The topological polar surface area (TPSA) is 69.4 Å². The molecule has 21 heavy (non-hydrogen) atoms. The SMILES string of the molecule is NS(=O)(=O)c1ccc(OCCSc2ccc(Cl)cc2)cc1. The molecule has 0 fully saturated rings. The van der Waals surface area contributed by atoms with Crippen molar-refractivity contribution in [2.75, 3.05) is 12.4 Å². The zero-order valence-corrected chi connectivity index (χ0v) is 13.4. The van der Waals surface area contributed by atoms with Crippen LogP contribution in [0.25, 0.3) is 0 Å². The minimum absolute atomic E-state index is 0.0744. The van der Waals surface area contributed by atoms with Gasteiger partial charge in [0, 0.05) is 15.7 Å². The third kappa shape index (κ3) is 5.24. The van der Waals surface area contributed by atoms with Gasteiger partial charge in [-0.05, 0) is 48.5 Å². The molecule has 112 valence electrons. The minimum Gasteiger partial charge on any atom is -0.493 e. The Morgan fingerprint density at radius 2 is 1.67 bits per heavy atom. The summed E-state index contributed by atoms with van der Waals surface area (Å²) in [6, 6.07) is 13.6. The zero-order valence-electron chi connectivity index (χ0n) is 11.0. The number of ether oxygens (including phenoxy) is 1. The predicted molar refractivity (Wildman–Crippen MR) is 85.5 cm³/mol. The van der Waals surface area contributed by atoms with Crippen LogP contribution in [0.15, 0.2) is 58.3 Å².